The molecule has 0 spiro atoms. The van der Waals surface area contributed by atoms with E-state index < -0.39 is 0 Å². The maximum atomic E-state index is 13.6. The van der Waals surface area contributed by atoms with Gasteiger partial charge in [-0.1, -0.05) is 25.8 Å². The van der Waals surface area contributed by atoms with Gasteiger partial charge < -0.3 is 5.73 Å². The van der Waals surface area contributed by atoms with Crippen molar-refractivity contribution >= 4 is 11.8 Å². The highest BCUT2D eigenvalue weighted by Gasteiger charge is 2.12. The van der Waals surface area contributed by atoms with Gasteiger partial charge in [0.1, 0.15) is 5.82 Å². The smallest absolute Gasteiger partial charge is 0.129 e. The molecule has 3 heteroatoms. The van der Waals surface area contributed by atoms with Crippen molar-refractivity contribution in [3.8, 4) is 0 Å². The number of thioether (sulfide) groups is 1. The SMILES string of the molecule is CCCCCSc1cccc(F)c1C(C)N. The Labute approximate surface area is 102 Å². The van der Waals surface area contributed by atoms with E-state index >= 15 is 0 Å². The number of unbranched alkanes of at least 4 members (excludes halogenated alkanes) is 2. The predicted octanol–water partition coefficient (Wildman–Crippen LogP) is 4.13. The van der Waals surface area contributed by atoms with Crippen LogP contribution in [0.25, 0.3) is 0 Å². The van der Waals surface area contributed by atoms with Gasteiger partial charge in [-0.05, 0) is 31.2 Å². The zero-order valence-corrected chi connectivity index (χ0v) is 10.8. The van der Waals surface area contributed by atoms with Gasteiger partial charge in [-0.25, -0.2) is 4.39 Å². The Hall–Kier alpha value is -0.540. The number of halogens is 1. The minimum absolute atomic E-state index is 0.185. The Kier molecular flexibility index (Phi) is 5.85. The van der Waals surface area contributed by atoms with Gasteiger partial charge in [0.2, 0.25) is 0 Å². The summed E-state index contributed by atoms with van der Waals surface area (Å²) >= 11 is 1.71. The second-order valence-electron chi connectivity index (χ2n) is 4.00. The molecule has 16 heavy (non-hydrogen) atoms. The molecule has 0 saturated heterocycles. The van der Waals surface area contributed by atoms with Crippen molar-refractivity contribution in [2.45, 2.75) is 44.0 Å². The summed E-state index contributed by atoms with van der Waals surface area (Å²) in [5.74, 6) is 0.854. The van der Waals surface area contributed by atoms with Crippen LogP contribution in [-0.2, 0) is 0 Å². The Bertz CT molecular complexity index is 326. The topological polar surface area (TPSA) is 26.0 Å². The van der Waals surface area contributed by atoms with Gasteiger partial charge in [-0.15, -0.1) is 11.8 Å². The van der Waals surface area contributed by atoms with Gasteiger partial charge in [0.15, 0.2) is 0 Å². The van der Waals surface area contributed by atoms with Crippen LogP contribution in [0.3, 0.4) is 0 Å². The van der Waals surface area contributed by atoms with Crippen molar-refractivity contribution in [2.75, 3.05) is 5.75 Å². The van der Waals surface area contributed by atoms with E-state index in [1.807, 2.05) is 13.0 Å². The van der Waals surface area contributed by atoms with Crippen LogP contribution in [-0.4, -0.2) is 5.75 Å². The average molecular weight is 241 g/mol. The van der Waals surface area contributed by atoms with Gasteiger partial charge in [0.05, 0.1) is 0 Å². The molecule has 1 nitrogen and oxygen atoms in total. The van der Waals surface area contributed by atoms with Gasteiger partial charge in [-0.2, -0.15) is 0 Å². The van der Waals surface area contributed by atoms with Crippen molar-refractivity contribution in [1.29, 1.82) is 0 Å². The number of nitrogens with two attached hydrogens (primary N) is 1. The zero-order valence-electron chi connectivity index (χ0n) is 10.0. The summed E-state index contributed by atoms with van der Waals surface area (Å²) in [7, 11) is 0. The predicted molar refractivity (Wildman–Crippen MR) is 69.3 cm³/mol. The number of hydrogen-bond acceptors (Lipinski definition) is 2. The highest BCUT2D eigenvalue weighted by Crippen LogP contribution is 2.29. The molecule has 0 bridgehead atoms. The molecule has 0 amide bonds. The van der Waals surface area contributed by atoms with Gasteiger partial charge >= 0.3 is 0 Å². The summed E-state index contributed by atoms with van der Waals surface area (Å²) in [5.41, 5.74) is 6.45. The van der Waals surface area contributed by atoms with Crippen LogP contribution in [0, 0.1) is 5.82 Å². The minimum atomic E-state index is -0.241. The molecule has 1 rings (SSSR count). The highest BCUT2D eigenvalue weighted by atomic mass is 32.2. The van der Waals surface area contributed by atoms with Crippen LogP contribution in [0.4, 0.5) is 4.39 Å². The summed E-state index contributed by atoms with van der Waals surface area (Å²) in [6, 6.07) is 4.95. The summed E-state index contributed by atoms with van der Waals surface area (Å²) in [5, 5.41) is 0. The first-order valence-corrected chi connectivity index (χ1v) is 6.82. The lowest BCUT2D eigenvalue weighted by atomic mass is 10.1. The Morgan fingerprint density at radius 2 is 2.12 bits per heavy atom. The molecule has 0 aromatic heterocycles. The van der Waals surface area contributed by atoms with E-state index in [2.05, 4.69) is 6.92 Å². The maximum absolute atomic E-state index is 13.6. The second kappa shape index (κ2) is 6.92. The molecule has 1 unspecified atom stereocenters. The van der Waals surface area contributed by atoms with Crippen molar-refractivity contribution < 1.29 is 4.39 Å². The lowest BCUT2D eigenvalue weighted by Crippen LogP contribution is -2.09. The Balaban J connectivity index is 2.67. The standard InChI is InChI=1S/C13H20FNS/c1-3-4-5-9-16-12-8-6-7-11(14)13(12)10(2)15/h6-8,10H,3-5,9,15H2,1-2H3. The van der Waals surface area contributed by atoms with Gasteiger partial charge in [0.25, 0.3) is 0 Å². The number of benzene rings is 1. The quantitative estimate of drug-likeness (QED) is 0.598. The molecule has 2 N–H and O–H groups in total. The third-order valence-corrected chi connectivity index (χ3v) is 3.63. The van der Waals surface area contributed by atoms with Crippen molar-refractivity contribution in [2.24, 2.45) is 5.73 Å². The Morgan fingerprint density at radius 1 is 1.38 bits per heavy atom. The van der Waals surface area contributed by atoms with E-state index in [1.54, 1.807) is 17.8 Å². The molecule has 1 aromatic carbocycles. The fourth-order valence-corrected chi connectivity index (χ4v) is 2.80. The third kappa shape index (κ3) is 3.80. The molecule has 90 valence electrons. The summed E-state index contributed by atoms with van der Waals surface area (Å²) in [6.45, 7) is 4.01. The summed E-state index contributed by atoms with van der Waals surface area (Å²) < 4.78 is 13.6. The molecule has 0 saturated carbocycles. The largest absolute Gasteiger partial charge is 0.324 e. The molecule has 0 radical (unpaired) electrons. The first kappa shape index (κ1) is 13.5. The van der Waals surface area contributed by atoms with Crippen LogP contribution in [0.15, 0.2) is 23.1 Å². The van der Waals surface area contributed by atoms with Crippen molar-refractivity contribution in [3.05, 3.63) is 29.6 Å². The van der Waals surface area contributed by atoms with Crippen LogP contribution in [0.1, 0.15) is 44.7 Å². The molecule has 0 aliphatic heterocycles. The average Bonchev–Trinajstić information content (AvgIpc) is 2.24. The Morgan fingerprint density at radius 3 is 2.75 bits per heavy atom. The van der Waals surface area contributed by atoms with E-state index in [0.29, 0.717) is 5.56 Å². The van der Waals surface area contributed by atoms with Crippen LogP contribution in [0.2, 0.25) is 0 Å². The molecule has 0 aliphatic rings. The maximum Gasteiger partial charge on any atom is 0.129 e. The first-order chi connectivity index (χ1) is 7.66. The summed E-state index contributed by atoms with van der Waals surface area (Å²) in [6.07, 6.45) is 3.62. The molecular formula is C13H20FNS. The van der Waals surface area contributed by atoms with E-state index in [9.17, 15) is 4.39 Å². The molecule has 0 fully saturated rings. The molecular weight excluding hydrogens is 221 g/mol. The third-order valence-electron chi connectivity index (χ3n) is 2.47. The fourth-order valence-electron chi connectivity index (χ4n) is 1.62. The second-order valence-corrected chi connectivity index (χ2v) is 5.13. The summed E-state index contributed by atoms with van der Waals surface area (Å²) in [4.78, 5) is 0.992. The van der Waals surface area contributed by atoms with Crippen LogP contribution < -0.4 is 5.73 Å². The van der Waals surface area contributed by atoms with Gasteiger partial charge in [-0.3, -0.25) is 0 Å². The minimum Gasteiger partial charge on any atom is -0.324 e. The van der Waals surface area contributed by atoms with E-state index in [1.165, 1.54) is 25.3 Å². The molecule has 0 aliphatic carbocycles. The fraction of sp³-hybridized carbons (Fsp3) is 0.538. The molecule has 1 atom stereocenters. The number of hydrogen-bond donors (Lipinski definition) is 1. The van der Waals surface area contributed by atoms with Crippen LogP contribution in [0.5, 0.6) is 0 Å². The lowest BCUT2D eigenvalue weighted by Gasteiger charge is -2.13. The molecule has 0 heterocycles. The van der Waals surface area contributed by atoms with Crippen LogP contribution >= 0.6 is 11.8 Å². The van der Waals surface area contributed by atoms with Gasteiger partial charge in [0, 0.05) is 16.5 Å². The van der Waals surface area contributed by atoms with E-state index in [0.717, 1.165) is 10.6 Å². The monoisotopic (exact) mass is 241 g/mol. The highest BCUT2D eigenvalue weighted by molar-refractivity contribution is 7.99. The lowest BCUT2D eigenvalue weighted by molar-refractivity contribution is 0.585. The van der Waals surface area contributed by atoms with Crippen molar-refractivity contribution in [1.82, 2.24) is 0 Å². The van der Waals surface area contributed by atoms with E-state index in [4.69, 9.17) is 5.73 Å². The molecule has 1 aromatic rings. The number of rotatable bonds is 6. The normalized spacial score (nSPS) is 12.8. The first-order valence-electron chi connectivity index (χ1n) is 5.83. The van der Waals surface area contributed by atoms with E-state index in [-0.39, 0.29) is 11.9 Å². The van der Waals surface area contributed by atoms with Crippen molar-refractivity contribution in [3.63, 3.8) is 0 Å². The zero-order chi connectivity index (χ0) is 12.0.